The van der Waals surface area contributed by atoms with Gasteiger partial charge in [-0.25, -0.2) is 0 Å². The van der Waals surface area contributed by atoms with Gasteiger partial charge in [0.2, 0.25) is 0 Å². The summed E-state index contributed by atoms with van der Waals surface area (Å²) in [6.07, 6.45) is 1.56. The van der Waals surface area contributed by atoms with Crippen LogP contribution in [0.15, 0.2) is 6.07 Å². The number of rotatable bonds is 6. The van der Waals surface area contributed by atoms with Crippen LogP contribution in [0.25, 0.3) is 0 Å². The lowest BCUT2D eigenvalue weighted by Crippen LogP contribution is -2.15. The molecule has 1 aromatic rings. The van der Waals surface area contributed by atoms with Crippen molar-refractivity contribution in [1.29, 1.82) is 0 Å². The Morgan fingerprint density at radius 2 is 2.31 bits per heavy atom. The Kier molecular flexibility index (Phi) is 4.86. The van der Waals surface area contributed by atoms with Crippen LogP contribution >= 0.6 is 11.8 Å². The number of aromatic nitrogens is 2. The second kappa shape index (κ2) is 5.94. The molecule has 0 fully saturated rings. The normalized spacial score (nSPS) is 12.7. The molecule has 0 saturated carbocycles. The average Bonchev–Trinajstić information content (AvgIpc) is 2.60. The molecule has 0 amide bonds. The predicted octanol–water partition coefficient (Wildman–Crippen LogP) is 2.08. The molecule has 0 aliphatic carbocycles. The number of aliphatic carboxylic acids is 1. The predicted molar refractivity (Wildman–Crippen MR) is 65.6 cm³/mol. The van der Waals surface area contributed by atoms with Crippen LogP contribution in [-0.4, -0.2) is 26.1 Å². The molecular formula is C11H18N2O2S. The molecule has 90 valence electrons. The van der Waals surface area contributed by atoms with Gasteiger partial charge in [-0.3, -0.25) is 9.48 Å². The van der Waals surface area contributed by atoms with Crippen LogP contribution in [0.2, 0.25) is 0 Å². The van der Waals surface area contributed by atoms with Crippen molar-refractivity contribution in [3.63, 3.8) is 0 Å². The minimum absolute atomic E-state index is 0.319. The Labute approximate surface area is 100 Å². The third kappa shape index (κ3) is 3.27. The van der Waals surface area contributed by atoms with E-state index < -0.39 is 5.97 Å². The number of hydrogen-bond acceptors (Lipinski definition) is 3. The van der Waals surface area contributed by atoms with Crippen LogP contribution in [0.4, 0.5) is 0 Å². The van der Waals surface area contributed by atoms with Crippen LogP contribution in [0.5, 0.6) is 0 Å². The summed E-state index contributed by atoms with van der Waals surface area (Å²) >= 11 is 1.46. The highest BCUT2D eigenvalue weighted by molar-refractivity contribution is 7.99. The highest BCUT2D eigenvalue weighted by Gasteiger charge is 2.16. The first kappa shape index (κ1) is 13.1. The second-order valence-corrected chi connectivity index (χ2v) is 4.84. The summed E-state index contributed by atoms with van der Waals surface area (Å²) < 4.78 is 1.83. The number of aryl methyl sites for hydroxylation is 2. The van der Waals surface area contributed by atoms with Crippen molar-refractivity contribution in [2.75, 3.05) is 0 Å². The lowest BCUT2D eigenvalue weighted by atomic mass is 10.3. The molecule has 1 aromatic heterocycles. The van der Waals surface area contributed by atoms with E-state index in [4.69, 9.17) is 5.11 Å². The Morgan fingerprint density at radius 3 is 2.75 bits per heavy atom. The molecule has 16 heavy (non-hydrogen) atoms. The van der Waals surface area contributed by atoms with E-state index in [0.29, 0.717) is 12.2 Å². The number of thioether (sulfide) groups is 1. The Bertz CT molecular complexity index is 363. The summed E-state index contributed by atoms with van der Waals surface area (Å²) in [7, 11) is 1.90. The van der Waals surface area contributed by atoms with E-state index in [0.717, 1.165) is 17.8 Å². The summed E-state index contributed by atoms with van der Waals surface area (Å²) in [4.78, 5) is 10.9. The molecule has 1 heterocycles. The van der Waals surface area contributed by atoms with Crippen molar-refractivity contribution in [2.45, 2.75) is 37.7 Å². The van der Waals surface area contributed by atoms with E-state index in [2.05, 4.69) is 12.0 Å². The van der Waals surface area contributed by atoms with Gasteiger partial charge in [-0.05, 0) is 18.9 Å². The average molecular weight is 242 g/mol. The van der Waals surface area contributed by atoms with Gasteiger partial charge in [0, 0.05) is 18.5 Å². The van der Waals surface area contributed by atoms with Crippen molar-refractivity contribution in [2.24, 2.45) is 7.05 Å². The van der Waals surface area contributed by atoms with E-state index >= 15 is 0 Å². The van der Waals surface area contributed by atoms with Gasteiger partial charge in [-0.2, -0.15) is 5.10 Å². The number of carbonyl (C=O) groups is 1. The molecule has 0 bridgehead atoms. The Morgan fingerprint density at radius 1 is 1.62 bits per heavy atom. The van der Waals surface area contributed by atoms with Gasteiger partial charge in [-0.15, -0.1) is 11.8 Å². The molecule has 0 aliphatic heterocycles. The summed E-state index contributed by atoms with van der Waals surface area (Å²) in [5.74, 6) is -0.0284. The molecule has 0 saturated heterocycles. The van der Waals surface area contributed by atoms with Crippen LogP contribution in [0, 0.1) is 0 Å². The summed E-state index contributed by atoms with van der Waals surface area (Å²) in [5.41, 5.74) is 2.14. The van der Waals surface area contributed by atoms with E-state index in [9.17, 15) is 4.79 Å². The fraction of sp³-hybridized carbons (Fsp3) is 0.636. The minimum Gasteiger partial charge on any atom is -0.480 e. The third-order valence-corrected chi connectivity index (χ3v) is 3.87. The van der Waals surface area contributed by atoms with Crippen molar-refractivity contribution in [3.8, 4) is 0 Å². The van der Waals surface area contributed by atoms with Gasteiger partial charge in [0.05, 0.1) is 5.69 Å². The summed E-state index contributed by atoms with van der Waals surface area (Å²) in [6.45, 7) is 3.96. The zero-order valence-electron chi connectivity index (χ0n) is 9.93. The van der Waals surface area contributed by atoms with Crippen LogP contribution in [0.1, 0.15) is 31.7 Å². The fourth-order valence-electron chi connectivity index (χ4n) is 1.43. The highest BCUT2D eigenvalue weighted by atomic mass is 32.2. The highest BCUT2D eigenvalue weighted by Crippen LogP contribution is 2.20. The Balaban J connectivity index is 2.59. The summed E-state index contributed by atoms with van der Waals surface area (Å²) in [5, 5.41) is 12.9. The zero-order chi connectivity index (χ0) is 12.1. The van der Waals surface area contributed by atoms with E-state index in [1.807, 2.05) is 24.7 Å². The molecule has 0 aliphatic rings. The largest absolute Gasteiger partial charge is 0.480 e. The first-order valence-corrected chi connectivity index (χ1v) is 6.49. The summed E-state index contributed by atoms with van der Waals surface area (Å²) in [6, 6.07) is 2.04. The maximum atomic E-state index is 10.9. The molecule has 1 atom stereocenters. The van der Waals surface area contributed by atoms with Gasteiger partial charge >= 0.3 is 5.97 Å². The lowest BCUT2D eigenvalue weighted by Gasteiger charge is -2.08. The first-order valence-electron chi connectivity index (χ1n) is 5.44. The van der Waals surface area contributed by atoms with Gasteiger partial charge in [-0.1, -0.05) is 13.8 Å². The Hall–Kier alpha value is -0.970. The number of carboxylic acids is 1. The molecule has 5 heteroatoms. The monoisotopic (exact) mass is 242 g/mol. The van der Waals surface area contributed by atoms with Gasteiger partial charge in [0.15, 0.2) is 0 Å². The third-order valence-electron chi connectivity index (χ3n) is 2.47. The van der Waals surface area contributed by atoms with Crippen molar-refractivity contribution in [1.82, 2.24) is 9.78 Å². The fourth-order valence-corrected chi connectivity index (χ4v) is 2.45. The molecule has 1 unspecified atom stereocenters. The number of hydrogen-bond donors (Lipinski definition) is 1. The van der Waals surface area contributed by atoms with Crippen molar-refractivity contribution in [3.05, 3.63) is 17.5 Å². The first-order chi connectivity index (χ1) is 7.58. The minimum atomic E-state index is -0.731. The standard InChI is InChI=1S/C11H18N2O2S/c1-4-8-6-9(13(3)12-8)7-16-10(5-2)11(14)15/h6,10H,4-5,7H2,1-3H3,(H,14,15). The van der Waals surface area contributed by atoms with E-state index in [1.54, 1.807) is 0 Å². The molecular weight excluding hydrogens is 224 g/mol. The van der Waals surface area contributed by atoms with E-state index in [1.165, 1.54) is 11.8 Å². The van der Waals surface area contributed by atoms with Gasteiger partial charge in [0.25, 0.3) is 0 Å². The number of carboxylic acid groups (broad SMARTS) is 1. The topological polar surface area (TPSA) is 55.1 Å². The number of nitrogens with zero attached hydrogens (tertiary/aromatic N) is 2. The quantitative estimate of drug-likeness (QED) is 0.829. The molecule has 1 N–H and O–H groups in total. The molecule has 1 rings (SSSR count). The lowest BCUT2D eigenvalue weighted by molar-refractivity contribution is -0.136. The molecule has 4 nitrogen and oxygen atoms in total. The maximum Gasteiger partial charge on any atom is 0.316 e. The zero-order valence-corrected chi connectivity index (χ0v) is 10.8. The van der Waals surface area contributed by atoms with Crippen molar-refractivity contribution < 1.29 is 9.90 Å². The van der Waals surface area contributed by atoms with Crippen LogP contribution in [0.3, 0.4) is 0 Å². The molecule has 0 radical (unpaired) electrons. The SMILES string of the molecule is CCc1cc(CSC(CC)C(=O)O)n(C)n1. The van der Waals surface area contributed by atoms with Gasteiger partial charge < -0.3 is 5.11 Å². The van der Waals surface area contributed by atoms with Crippen molar-refractivity contribution >= 4 is 17.7 Å². The van der Waals surface area contributed by atoms with Crippen LogP contribution in [-0.2, 0) is 24.0 Å². The van der Waals surface area contributed by atoms with E-state index in [-0.39, 0.29) is 5.25 Å². The maximum absolute atomic E-state index is 10.9. The van der Waals surface area contributed by atoms with Crippen LogP contribution < -0.4 is 0 Å². The second-order valence-electron chi connectivity index (χ2n) is 3.65. The molecule has 0 aromatic carbocycles. The smallest absolute Gasteiger partial charge is 0.316 e. The van der Waals surface area contributed by atoms with Gasteiger partial charge in [0.1, 0.15) is 5.25 Å². The molecule has 0 spiro atoms.